The standard InChI is InChI=1S/C43H46N4O9/c1-6-26-12-30-20-44-35-18-39(37(51-3)16-33(35)42(49)46(30)22-26)55-24-28-11-29(15-32(14-28)54-10-8-9-41(48)53-5)25-56-40-19-36-34(17-38(40)52-4)43(50)47-23-27(7-2)13-31(47)21-45-36/h6-7,11,14-21,30-31H,8-10,12-13,22-25H2,1-5H3/b26-6+,27-7+/t30-,31?/m0/s1. The molecule has 1 unspecified atom stereocenters. The van der Waals surface area contributed by atoms with Crippen LogP contribution in [0.5, 0.6) is 28.7 Å². The SMILES string of the molecule is C/C=C1\CC2C=Nc3cc(OCc4cc(COc5cc6c(cc5OC)C(=O)N5C/C(=C/C)C[C@H]5C=N6)cc(OCCCC(=O)OC)c4)c(OC)cc3C(=O)N2C1. The quantitative estimate of drug-likeness (QED) is 0.103. The van der Waals surface area contributed by atoms with Gasteiger partial charge in [0, 0.05) is 44.1 Å². The molecule has 56 heavy (non-hydrogen) atoms. The van der Waals surface area contributed by atoms with Crippen molar-refractivity contribution in [3.8, 4) is 28.7 Å². The molecule has 3 aromatic carbocycles. The minimum Gasteiger partial charge on any atom is -0.494 e. The number of carbonyl (C=O) groups is 3. The molecule has 0 saturated carbocycles. The summed E-state index contributed by atoms with van der Waals surface area (Å²) in [7, 11) is 4.43. The monoisotopic (exact) mass is 762 g/mol. The van der Waals surface area contributed by atoms with Crippen molar-refractivity contribution in [2.24, 2.45) is 9.98 Å². The highest BCUT2D eigenvalue weighted by atomic mass is 16.5. The van der Waals surface area contributed by atoms with E-state index >= 15 is 0 Å². The molecule has 0 bridgehead atoms. The fourth-order valence-electron chi connectivity index (χ4n) is 7.34. The van der Waals surface area contributed by atoms with Gasteiger partial charge in [-0.15, -0.1) is 0 Å². The molecule has 4 heterocycles. The molecule has 0 N–H and O–H groups in total. The van der Waals surface area contributed by atoms with Crippen LogP contribution in [0.3, 0.4) is 0 Å². The van der Waals surface area contributed by atoms with Crippen molar-refractivity contribution in [1.29, 1.82) is 0 Å². The van der Waals surface area contributed by atoms with Crippen molar-refractivity contribution >= 4 is 41.6 Å². The fourth-order valence-corrected chi connectivity index (χ4v) is 7.34. The third kappa shape index (κ3) is 7.98. The average molecular weight is 763 g/mol. The molecule has 0 aliphatic carbocycles. The number of nitrogens with zero attached hydrogens (tertiary/aromatic N) is 4. The molecular weight excluding hydrogens is 716 g/mol. The first-order valence-electron chi connectivity index (χ1n) is 18.7. The van der Waals surface area contributed by atoms with Gasteiger partial charge < -0.3 is 38.2 Å². The zero-order chi connectivity index (χ0) is 39.3. The van der Waals surface area contributed by atoms with Crippen molar-refractivity contribution in [3.63, 3.8) is 0 Å². The van der Waals surface area contributed by atoms with E-state index in [9.17, 15) is 14.4 Å². The number of fused-ring (bicyclic) bond motifs is 4. The van der Waals surface area contributed by atoms with Crippen molar-refractivity contribution < 1.29 is 42.8 Å². The Hall–Kier alpha value is -6.11. The summed E-state index contributed by atoms with van der Waals surface area (Å²) >= 11 is 0. The Kier molecular flexibility index (Phi) is 11.4. The van der Waals surface area contributed by atoms with Crippen LogP contribution < -0.4 is 23.7 Å². The van der Waals surface area contributed by atoms with Gasteiger partial charge in [0.05, 0.1) is 62.5 Å². The van der Waals surface area contributed by atoms with Crippen LogP contribution >= 0.6 is 0 Å². The number of esters is 1. The van der Waals surface area contributed by atoms with Crippen LogP contribution in [0.1, 0.15) is 71.4 Å². The lowest BCUT2D eigenvalue weighted by Gasteiger charge is -2.20. The molecule has 13 nitrogen and oxygen atoms in total. The Balaban J connectivity index is 1.12. The van der Waals surface area contributed by atoms with Gasteiger partial charge >= 0.3 is 5.97 Å². The Bertz CT molecular complexity index is 2020. The number of amides is 2. The molecule has 2 saturated heterocycles. The first kappa shape index (κ1) is 38.2. The highest BCUT2D eigenvalue weighted by Gasteiger charge is 2.36. The maximum absolute atomic E-state index is 13.6. The van der Waals surface area contributed by atoms with Crippen molar-refractivity contribution in [3.05, 3.63) is 88.0 Å². The first-order valence-corrected chi connectivity index (χ1v) is 18.7. The summed E-state index contributed by atoms with van der Waals surface area (Å²) in [6, 6.07) is 12.3. The van der Waals surface area contributed by atoms with E-state index < -0.39 is 0 Å². The Morgan fingerprint density at radius 3 is 1.64 bits per heavy atom. The molecule has 13 heteroatoms. The lowest BCUT2D eigenvalue weighted by molar-refractivity contribution is -0.140. The minimum absolute atomic E-state index is 0.0984. The number of rotatable bonds is 13. The van der Waals surface area contributed by atoms with Gasteiger partial charge in [0.25, 0.3) is 11.8 Å². The number of hydrogen-bond acceptors (Lipinski definition) is 11. The molecule has 0 spiro atoms. The van der Waals surface area contributed by atoms with Crippen LogP contribution in [0.4, 0.5) is 11.4 Å². The maximum Gasteiger partial charge on any atom is 0.305 e. The number of allylic oxidation sites excluding steroid dienone is 2. The van der Waals surface area contributed by atoms with Crippen LogP contribution in [-0.4, -0.2) is 93.1 Å². The van der Waals surface area contributed by atoms with Gasteiger partial charge in [-0.05, 0) is 74.6 Å². The van der Waals surface area contributed by atoms with E-state index in [0.29, 0.717) is 70.8 Å². The summed E-state index contributed by atoms with van der Waals surface area (Å²) in [5.41, 5.74) is 5.90. The van der Waals surface area contributed by atoms with Crippen LogP contribution in [0, 0.1) is 0 Å². The van der Waals surface area contributed by atoms with E-state index in [-0.39, 0.29) is 56.1 Å². The maximum atomic E-state index is 13.6. The molecule has 4 aliphatic heterocycles. The van der Waals surface area contributed by atoms with Crippen molar-refractivity contribution in [2.45, 2.75) is 64.8 Å². The van der Waals surface area contributed by atoms with Crippen LogP contribution in [0.25, 0.3) is 0 Å². The van der Waals surface area contributed by atoms with E-state index in [4.69, 9.17) is 38.4 Å². The second kappa shape index (κ2) is 16.7. The van der Waals surface area contributed by atoms with Gasteiger partial charge in [-0.3, -0.25) is 24.4 Å². The fraction of sp³-hybridized carbons (Fsp3) is 0.372. The Morgan fingerprint density at radius 2 is 1.20 bits per heavy atom. The molecule has 0 aromatic heterocycles. The molecule has 2 fully saturated rings. The smallest absolute Gasteiger partial charge is 0.305 e. The largest absolute Gasteiger partial charge is 0.494 e. The number of hydrogen-bond donors (Lipinski definition) is 0. The molecule has 2 amide bonds. The highest BCUT2D eigenvalue weighted by Crippen LogP contribution is 2.41. The van der Waals surface area contributed by atoms with Gasteiger partial charge in [0.1, 0.15) is 19.0 Å². The summed E-state index contributed by atoms with van der Waals surface area (Å²) < 4.78 is 34.9. The molecule has 2 atom stereocenters. The lowest BCUT2D eigenvalue weighted by atomic mass is 10.1. The normalized spacial score (nSPS) is 19.6. The van der Waals surface area contributed by atoms with E-state index in [1.54, 1.807) is 24.3 Å². The predicted octanol–water partition coefficient (Wildman–Crippen LogP) is 6.95. The number of aliphatic imine (C=N–C) groups is 2. The molecular formula is C43H46N4O9. The summed E-state index contributed by atoms with van der Waals surface area (Å²) in [6.45, 7) is 5.67. The minimum atomic E-state index is -0.308. The summed E-state index contributed by atoms with van der Waals surface area (Å²) in [4.78, 5) is 51.9. The topological polar surface area (TPSA) is 138 Å². The third-order valence-electron chi connectivity index (χ3n) is 10.5. The van der Waals surface area contributed by atoms with Crippen molar-refractivity contribution in [2.75, 3.05) is 41.0 Å². The second-order valence-electron chi connectivity index (χ2n) is 14.0. The van der Waals surface area contributed by atoms with Gasteiger partial charge in [0.15, 0.2) is 23.0 Å². The number of carbonyl (C=O) groups excluding carboxylic acids is 3. The van der Waals surface area contributed by atoms with Gasteiger partial charge in [-0.25, -0.2) is 0 Å². The van der Waals surface area contributed by atoms with Gasteiger partial charge in [-0.2, -0.15) is 0 Å². The van der Waals surface area contributed by atoms with E-state index in [1.165, 1.54) is 32.5 Å². The zero-order valence-electron chi connectivity index (χ0n) is 32.3. The number of ether oxygens (including phenoxy) is 6. The van der Waals surface area contributed by atoms with Crippen LogP contribution in [0.15, 0.2) is 75.7 Å². The van der Waals surface area contributed by atoms with Crippen molar-refractivity contribution in [1.82, 2.24) is 9.80 Å². The second-order valence-corrected chi connectivity index (χ2v) is 14.0. The molecule has 7 rings (SSSR count). The average Bonchev–Trinajstić information content (AvgIpc) is 3.79. The van der Waals surface area contributed by atoms with Gasteiger partial charge in [0.2, 0.25) is 0 Å². The Morgan fingerprint density at radius 1 is 0.696 bits per heavy atom. The molecule has 292 valence electrons. The summed E-state index contributed by atoms with van der Waals surface area (Å²) in [5, 5.41) is 0. The highest BCUT2D eigenvalue weighted by molar-refractivity contribution is 6.04. The predicted molar refractivity (Wildman–Crippen MR) is 211 cm³/mol. The van der Waals surface area contributed by atoms with Crippen LogP contribution in [-0.2, 0) is 22.7 Å². The van der Waals surface area contributed by atoms with E-state index in [0.717, 1.165) is 24.0 Å². The number of benzene rings is 3. The van der Waals surface area contributed by atoms with Crippen LogP contribution in [0.2, 0.25) is 0 Å². The molecule has 0 radical (unpaired) electrons. The van der Waals surface area contributed by atoms with E-state index in [2.05, 4.69) is 12.2 Å². The van der Waals surface area contributed by atoms with Gasteiger partial charge in [-0.1, -0.05) is 23.3 Å². The van der Waals surface area contributed by atoms with E-state index in [1.807, 2.05) is 54.3 Å². The summed E-state index contributed by atoms with van der Waals surface area (Å²) in [5.74, 6) is 1.74. The first-order chi connectivity index (χ1) is 27.2. The third-order valence-corrected chi connectivity index (χ3v) is 10.5. The lowest BCUT2D eigenvalue weighted by Crippen LogP contribution is -2.35. The number of methoxy groups -OCH3 is 3. The Labute approximate surface area is 326 Å². The molecule has 3 aromatic rings. The zero-order valence-corrected chi connectivity index (χ0v) is 32.3. The summed E-state index contributed by atoms with van der Waals surface area (Å²) in [6.07, 6.45) is 9.99. The molecule has 4 aliphatic rings.